The van der Waals surface area contributed by atoms with Crippen molar-refractivity contribution in [3.05, 3.63) is 17.6 Å². The number of nitrogens with one attached hydrogen (secondary N) is 1. The van der Waals surface area contributed by atoms with Gasteiger partial charge in [0.2, 0.25) is 17.6 Å². The summed E-state index contributed by atoms with van der Waals surface area (Å²) in [5.74, 6) is -2.78. The molecule has 3 unspecified atom stereocenters. The largest absolute Gasteiger partial charge is 0.477 e. The molecule has 1 aromatic rings. The average Bonchev–Trinajstić information content (AvgIpc) is 3.21. The van der Waals surface area contributed by atoms with Gasteiger partial charge in [-0.25, -0.2) is 9.59 Å². The lowest BCUT2D eigenvalue weighted by Gasteiger charge is -2.49. The molecule has 0 aliphatic carbocycles. The summed E-state index contributed by atoms with van der Waals surface area (Å²) in [7, 11) is 0. The van der Waals surface area contributed by atoms with Crippen LogP contribution in [0, 0.1) is 0 Å². The molecule has 1 saturated heterocycles. The van der Waals surface area contributed by atoms with Crippen LogP contribution in [0.5, 0.6) is 0 Å². The number of nitrogens with two attached hydrogens (primary N) is 1. The van der Waals surface area contributed by atoms with Crippen molar-refractivity contribution in [1.82, 2.24) is 19.6 Å². The van der Waals surface area contributed by atoms with Gasteiger partial charge in [-0.15, -0.1) is 23.5 Å². The first-order valence-electron chi connectivity index (χ1n) is 10.7. The number of rotatable bonds is 9. The predicted octanol–water partition coefficient (Wildman–Crippen LogP) is 1.02. The van der Waals surface area contributed by atoms with E-state index in [1.165, 1.54) is 36.5 Å². The lowest BCUT2D eigenvalue weighted by atomic mass is 10.0. The molecule has 1 aromatic heterocycles. The Morgan fingerprint density at radius 3 is 2.64 bits per heavy atom. The van der Waals surface area contributed by atoms with Crippen molar-refractivity contribution in [2.45, 2.75) is 62.3 Å². The zero-order valence-corrected chi connectivity index (χ0v) is 22.5. The van der Waals surface area contributed by atoms with Gasteiger partial charge in [0.15, 0.2) is 5.13 Å². The molecule has 36 heavy (non-hydrogen) atoms. The smallest absolute Gasteiger partial charge is 0.352 e. The molecule has 3 rings (SSSR count). The number of amides is 2. The van der Waals surface area contributed by atoms with Gasteiger partial charge in [0, 0.05) is 11.5 Å². The monoisotopic (exact) mass is 558 g/mol. The molecule has 0 radical (unpaired) electrons. The average molecular weight is 559 g/mol. The van der Waals surface area contributed by atoms with Crippen LogP contribution in [-0.4, -0.2) is 82.3 Å². The first-order chi connectivity index (χ1) is 16.8. The van der Waals surface area contributed by atoms with E-state index in [1.807, 2.05) is 6.92 Å². The topological polar surface area (TPSA) is 186 Å². The fourth-order valence-corrected chi connectivity index (χ4v) is 6.30. The zero-order chi connectivity index (χ0) is 26.8. The number of hydrogen-bond acceptors (Lipinski definition) is 13. The Bertz CT molecular complexity index is 1120. The van der Waals surface area contributed by atoms with Crippen LogP contribution in [-0.2, 0) is 28.8 Å². The van der Waals surface area contributed by atoms with Crippen LogP contribution >= 0.6 is 35.1 Å². The van der Waals surface area contributed by atoms with Gasteiger partial charge in [-0.3, -0.25) is 14.5 Å². The second kappa shape index (κ2) is 11.0. The van der Waals surface area contributed by atoms with E-state index in [1.54, 1.807) is 20.8 Å². The van der Waals surface area contributed by atoms with Crippen LogP contribution < -0.4 is 11.1 Å². The second-order valence-electron chi connectivity index (χ2n) is 8.54. The summed E-state index contributed by atoms with van der Waals surface area (Å²) in [5.41, 5.74) is 4.35. The minimum absolute atomic E-state index is 0.0649. The molecule has 0 aromatic carbocycles. The first-order valence-corrected chi connectivity index (χ1v) is 13.5. The molecular weight excluding hydrogens is 532 g/mol. The van der Waals surface area contributed by atoms with E-state index in [9.17, 15) is 24.3 Å². The van der Waals surface area contributed by atoms with Crippen LogP contribution in [0.25, 0.3) is 0 Å². The molecule has 4 N–H and O–H groups in total. The summed E-state index contributed by atoms with van der Waals surface area (Å²) in [4.78, 5) is 60.1. The van der Waals surface area contributed by atoms with E-state index in [0.717, 1.165) is 22.2 Å². The third-order valence-electron chi connectivity index (χ3n) is 4.62. The van der Waals surface area contributed by atoms with E-state index in [2.05, 4.69) is 19.8 Å². The molecule has 2 aliphatic heterocycles. The number of aliphatic carboxylic acids is 1. The molecule has 0 saturated carbocycles. The van der Waals surface area contributed by atoms with Crippen molar-refractivity contribution in [3.63, 3.8) is 0 Å². The first kappa shape index (κ1) is 27.7. The summed E-state index contributed by atoms with van der Waals surface area (Å²) in [6, 6.07) is -1.02. The number of oxime groups is 1. The number of β-lactam (4-membered cyclic amide) rings is 1. The highest BCUT2D eigenvalue weighted by Gasteiger charge is 2.54. The van der Waals surface area contributed by atoms with Crippen molar-refractivity contribution in [2.75, 3.05) is 11.5 Å². The number of nitrogen functional groups attached to an aromatic ring is 1. The Labute approximate surface area is 219 Å². The Balaban J connectivity index is 1.79. The van der Waals surface area contributed by atoms with Crippen molar-refractivity contribution in [2.24, 2.45) is 5.16 Å². The van der Waals surface area contributed by atoms with E-state index >= 15 is 0 Å². The normalized spacial score (nSPS) is 22.6. The number of carbonyl (C=O) groups excluding carboxylic acids is 3. The van der Waals surface area contributed by atoms with E-state index in [-0.39, 0.29) is 21.2 Å². The van der Waals surface area contributed by atoms with Crippen molar-refractivity contribution in [3.8, 4) is 0 Å². The highest BCUT2D eigenvalue weighted by molar-refractivity contribution is 8.17. The number of carboxylic acids is 1. The van der Waals surface area contributed by atoms with Crippen LogP contribution in [0.2, 0.25) is 0 Å². The summed E-state index contributed by atoms with van der Waals surface area (Å²) in [6.07, 6.45) is 0.363. The number of ether oxygens (including phenoxy) is 1. The van der Waals surface area contributed by atoms with Crippen LogP contribution in [0.4, 0.5) is 5.13 Å². The number of anilines is 1. The number of thioether (sulfide) groups is 2. The minimum Gasteiger partial charge on any atom is -0.477 e. The summed E-state index contributed by atoms with van der Waals surface area (Å²) in [6.45, 7) is 8.41. The molecule has 2 aliphatic rings. The maximum absolute atomic E-state index is 13.1. The van der Waals surface area contributed by atoms with Gasteiger partial charge >= 0.3 is 11.9 Å². The number of carbonyl (C=O) groups is 4. The van der Waals surface area contributed by atoms with Gasteiger partial charge in [-0.2, -0.15) is 9.36 Å². The van der Waals surface area contributed by atoms with Crippen LogP contribution in [0.3, 0.4) is 0 Å². The number of carboxylic acid groups (broad SMARTS) is 1. The Morgan fingerprint density at radius 2 is 2.08 bits per heavy atom. The molecular formula is C20H26N6O7S3. The van der Waals surface area contributed by atoms with Crippen LogP contribution in [0.1, 0.15) is 40.4 Å². The minimum atomic E-state index is -1.23. The molecule has 13 nitrogen and oxygen atoms in total. The zero-order valence-electron chi connectivity index (χ0n) is 20.1. The third kappa shape index (κ3) is 6.28. The Hall–Kier alpha value is -2.85. The SMILES string of the molecule is CCSC1C=C(C(=O)O)N2C(=O)C(NC(=O)/C(=N/OC(C)C(=O)OC(C)(C)C)c3nsc(N)n3)[C@H]2S1. The number of hydrogen-bond donors (Lipinski definition) is 3. The highest BCUT2D eigenvalue weighted by Crippen LogP contribution is 2.44. The van der Waals surface area contributed by atoms with Crippen molar-refractivity contribution in [1.29, 1.82) is 0 Å². The lowest BCUT2D eigenvalue weighted by molar-refractivity contribution is -0.167. The molecule has 0 spiro atoms. The molecule has 16 heteroatoms. The quantitative estimate of drug-likeness (QED) is 0.169. The number of nitrogens with zero attached hydrogens (tertiary/aromatic N) is 4. The van der Waals surface area contributed by atoms with E-state index in [0.29, 0.717) is 0 Å². The van der Waals surface area contributed by atoms with Crippen molar-refractivity contribution >= 4 is 69.7 Å². The van der Waals surface area contributed by atoms with Gasteiger partial charge in [0.05, 0.1) is 4.58 Å². The highest BCUT2D eigenvalue weighted by atomic mass is 32.2. The Kier molecular flexibility index (Phi) is 8.51. The maximum Gasteiger partial charge on any atom is 0.352 e. The van der Waals surface area contributed by atoms with Gasteiger partial charge in [0.25, 0.3) is 11.8 Å². The van der Waals surface area contributed by atoms with E-state index < -0.39 is 52.6 Å². The molecule has 2 amide bonds. The molecule has 0 bridgehead atoms. The van der Waals surface area contributed by atoms with Gasteiger partial charge in [0.1, 0.15) is 22.7 Å². The lowest BCUT2D eigenvalue weighted by Crippen LogP contribution is -2.71. The Morgan fingerprint density at radius 1 is 1.39 bits per heavy atom. The predicted molar refractivity (Wildman–Crippen MR) is 135 cm³/mol. The fraction of sp³-hybridized carbons (Fsp3) is 0.550. The van der Waals surface area contributed by atoms with Gasteiger partial charge in [-0.05, 0) is 39.5 Å². The third-order valence-corrected chi connectivity index (χ3v) is 7.86. The summed E-state index contributed by atoms with van der Waals surface area (Å²) >= 11 is 3.68. The number of fused-ring (bicyclic) bond motifs is 1. The van der Waals surface area contributed by atoms with E-state index in [4.69, 9.17) is 15.3 Å². The van der Waals surface area contributed by atoms with Crippen LogP contribution in [0.15, 0.2) is 16.9 Å². The maximum atomic E-state index is 13.1. The number of aromatic nitrogens is 2. The van der Waals surface area contributed by atoms with Crippen molar-refractivity contribution < 1.29 is 33.9 Å². The summed E-state index contributed by atoms with van der Waals surface area (Å²) < 4.78 is 9.00. The molecule has 3 heterocycles. The van der Waals surface area contributed by atoms with Gasteiger partial charge in [-0.1, -0.05) is 12.1 Å². The molecule has 196 valence electrons. The fourth-order valence-electron chi connectivity index (χ4n) is 3.09. The molecule has 1 fully saturated rings. The number of esters is 1. The second-order valence-corrected chi connectivity index (χ2v) is 12.3. The standard InChI is InChI=1S/C20H26N6O7S3/c1-6-34-10-7-9(17(29)30)26-15(28)12(16(26)35-10)22-14(27)11(13-23-19(21)36-25-13)24-33-8(2)18(31)32-20(3,4)5/h7-8,10,12,16H,6H2,1-5H3,(H,22,27)(H,29,30)(H2,21,23,25)/b24-11+/t8?,10?,12?,16-/m1/s1. The summed E-state index contributed by atoms with van der Waals surface area (Å²) in [5, 5.41) is 15.3. The molecule has 4 atom stereocenters. The van der Waals surface area contributed by atoms with Gasteiger partial charge < -0.3 is 25.7 Å².